The third-order valence-corrected chi connectivity index (χ3v) is 7.59. The molecule has 1 aromatic heterocycles. The summed E-state index contributed by atoms with van der Waals surface area (Å²) in [5.41, 5.74) is -2.25. The molecule has 0 saturated carbocycles. The lowest BCUT2D eigenvalue weighted by Crippen LogP contribution is -2.42. The maximum Gasteiger partial charge on any atom is 0.338 e. The molecule has 11 heteroatoms. The number of carbonyl (C=O) groups is 3. The van der Waals surface area contributed by atoms with Crippen molar-refractivity contribution in [2.75, 3.05) is 6.61 Å². The van der Waals surface area contributed by atoms with Crippen molar-refractivity contribution >= 4 is 17.9 Å². The van der Waals surface area contributed by atoms with E-state index in [1.54, 1.807) is 73.7 Å². The number of carboxylic acids is 2. The average Bonchev–Trinajstić information content (AvgIpc) is 3.28. The quantitative estimate of drug-likeness (QED) is 0.269. The van der Waals surface area contributed by atoms with Gasteiger partial charge in [0, 0.05) is 23.6 Å². The molecule has 4 aromatic rings. The average molecular weight is 571 g/mol. The van der Waals surface area contributed by atoms with Gasteiger partial charge < -0.3 is 19.7 Å². The highest BCUT2D eigenvalue weighted by Crippen LogP contribution is 2.56. The number of aromatic carboxylic acids is 2. The zero-order valence-corrected chi connectivity index (χ0v) is 22.3. The van der Waals surface area contributed by atoms with Crippen molar-refractivity contribution in [1.29, 1.82) is 0 Å². The number of aromatic nitrogens is 2. The molecule has 0 aliphatic carbocycles. The number of carboxylic acid groups (broad SMARTS) is 2. The Kier molecular flexibility index (Phi) is 7.60. The van der Waals surface area contributed by atoms with Crippen LogP contribution in [0.1, 0.15) is 61.3 Å². The number of nitrogens with zero attached hydrogens (tertiary/aromatic N) is 1. The topological polar surface area (TPSA) is 165 Å². The zero-order valence-electron chi connectivity index (χ0n) is 22.3. The van der Waals surface area contributed by atoms with Gasteiger partial charge in [-0.15, -0.1) is 0 Å². The number of hydrogen-bond acceptors (Lipinski definition) is 7. The third kappa shape index (κ3) is 5.01. The second-order valence-electron chi connectivity index (χ2n) is 10.0. The lowest BCUT2D eigenvalue weighted by molar-refractivity contribution is -0.0468. The molecule has 0 amide bonds. The van der Waals surface area contributed by atoms with Crippen LogP contribution in [0.5, 0.6) is 0 Å². The van der Waals surface area contributed by atoms with E-state index in [4.69, 9.17) is 9.47 Å². The molecule has 42 heavy (non-hydrogen) atoms. The molecule has 0 bridgehead atoms. The molecule has 11 nitrogen and oxygen atoms in total. The summed E-state index contributed by atoms with van der Waals surface area (Å²) in [7, 11) is 0. The minimum atomic E-state index is -1.44. The zero-order chi connectivity index (χ0) is 30.0. The van der Waals surface area contributed by atoms with Gasteiger partial charge in [-0.2, -0.15) is 0 Å². The van der Waals surface area contributed by atoms with Gasteiger partial charge in [0.2, 0.25) is 0 Å². The Balaban J connectivity index is 1.74. The maximum atomic E-state index is 13.1. The highest BCUT2D eigenvalue weighted by atomic mass is 16.6. The minimum Gasteiger partial charge on any atom is -0.478 e. The molecule has 3 aromatic carbocycles. The van der Waals surface area contributed by atoms with Crippen LogP contribution in [0.3, 0.4) is 0 Å². The van der Waals surface area contributed by atoms with Crippen LogP contribution in [-0.2, 0) is 14.9 Å². The van der Waals surface area contributed by atoms with E-state index in [1.807, 2.05) is 0 Å². The molecule has 0 unspecified atom stereocenters. The monoisotopic (exact) mass is 570 g/mol. The molecule has 1 aliphatic rings. The molecular weight excluding hydrogens is 544 g/mol. The van der Waals surface area contributed by atoms with Crippen molar-refractivity contribution in [3.8, 4) is 0 Å². The van der Waals surface area contributed by atoms with Crippen LogP contribution >= 0.6 is 0 Å². The van der Waals surface area contributed by atoms with Gasteiger partial charge in [-0.25, -0.2) is 19.2 Å². The predicted molar refractivity (Wildman–Crippen MR) is 149 cm³/mol. The first-order chi connectivity index (χ1) is 20.1. The lowest BCUT2D eigenvalue weighted by Gasteiger charge is -2.38. The van der Waals surface area contributed by atoms with E-state index in [-0.39, 0.29) is 34.4 Å². The molecule has 214 valence electrons. The fraction of sp³-hybridized carbons (Fsp3) is 0.194. The Morgan fingerprint density at radius 1 is 0.881 bits per heavy atom. The van der Waals surface area contributed by atoms with Crippen LogP contribution in [0.25, 0.3) is 0 Å². The first-order valence-corrected chi connectivity index (χ1v) is 13.0. The molecule has 5 rings (SSSR count). The summed E-state index contributed by atoms with van der Waals surface area (Å²) >= 11 is 0. The predicted octanol–water partition coefficient (Wildman–Crippen LogP) is 3.43. The van der Waals surface area contributed by atoms with Gasteiger partial charge in [-0.05, 0) is 35.4 Å². The summed E-state index contributed by atoms with van der Waals surface area (Å²) < 4.78 is 13.2. The number of hydrogen-bond donors (Lipinski definition) is 3. The maximum absolute atomic E-state index is 13.1. The Morgan fingerprint density at radius 3 is 2.17 bits per heavy atom. The van der Waals surface area contributed by atoms with Crippen molar-refractivity contribution in [3.63, 3.8) is 0 Å². The number of aromatic amines is 1. The van der Waals surface area contributed by atoms with E-state index in [2.05, 4.69) is 4.98 Å². The molecule has 1 saturated heterocycles. The summed E-state index contributed by atoms with van der Waals surface area (Å²) in [5.74, 6) is -4.08. The van der Waals surface area contributed by atoms with Crippen LogP contribution in [0.2, 0.25) is 0 Å². The second kappa shape index (κ2) is 11.3. The van der Waals surface area contributed by atoms with Crippen LogP contribution in [0.15, 0.2) is 101 Å². The SMILES string of the molecule is C[C@@]1(c2ccccc2C(=O)O)[C@@H](c2ccccc2C(=O)O)[C@H](COC(=O)c2ccccc2)O[C@H]1n1ccc(=O)[nH]c1=O. The van der Waals surface area contributed by atoms with Gasteiger partial charge >= 0.3 is 23.6 Å². The lowest BCUT2D eigenvalue weighted by atomic mass is 9.65. The fourth-order valence-electron chi connectivity index (χ4n) is 5.77. The van der Waals surface area contributed by atoms with Gasteiger partial charge in [0.05, 0.1) is 16.7 Å². The van der Waals surface area contributed by atoms with Crippen molar-refractivity contribution < 1.29 is 34.1 Å². The van der Waals surface area contributed by atoms with E-state index in [0.717, 1.165) is 10.6 Å². The fourth-order valence-corrected chi connectivity index (χ4v) is 5.77. The first-order valence-electron chi connectivity index (χ1n) is 13.0. The van der Waals surface area contributed by atoms with Crippen LogP contribution in [0, 0.1) is 0 Å². The van der Waals surface area contributed by atoms with E-state index in [1.165, 1.54) is 18.3 Å². The number of benzene rings is 3. The van der Waals surface area contributed by atoms with Crippen molar-refractivity contribution in [2.24, 2.45) is 0 Å². The number of rotatable bonds is 8. The van der Waals surface area contributed by atoms with E-state index in [9.17, 15) is 34.2 Å². The summed E-state index contributed by atoms with van der Waals surface area (Å²) in [5, 5.41) is 20.2. The highest BCUT2D eigenvalue weighted by Gasteiger charge is 2.58. The number of H-pyrrole nitrogens is 1. The second-order valence-corrected chi connectivity index (χ2v) is 10.0. The number of esters is 1. The van der Waals surface area contributed by atoms with Gasteiger partial charge in [0.1, 0.15) is 18.9 Å². The molecule has 1 aliphatic heterocycles. The Bertz CT molecular complexity index is 1780. The largest absolute Gasteiger partial charge is 0.478 e. The molecule has 4 atom stereocenters. The molecule has 3 N–H and O–H groups in total. The van der Waals surface area contributed by atoms with Gasteiger partial charge in [0.15, 0.2) is 0 Å². The smallest absolute Gasteiger partial charge is 0.338 e. The van der Waals surface area contributed by atoms with Gasteiger partial charge in [-0.3, -0.25) is 14.3 Å². The normalized spacial score (nSPS) is 21.5. The first kappa shape index (κ1) is 28.2. The molecule has 0 radical (unpaired) electrons. The van der Waals surface area contributed by atoms with E-state index in [0.29, 0.717) is 0 Å². The van der Waals surface area contributed by atoms with E-state index < -0.39 is 52.8 Å². The van der Waals surface area contributed by atoms with Gasteiger partial charge in [0.25, 0.3) is 5.56 Å². The standard InChI is InChI=1S/C31H26N2O9/c1-31(22-14-8-7-13-21(22)27(37)38)25(19-11-5-6-12-20(19)26(35)36)23(17-41-28(39)18-9-3-2-4-10-18)42-29(31)33-16-15-24(34)32-30(33)40/h2-16,23,25,29H,17H2,1H3,(H,35,36)(H,37,38)(H,32,34,40)/t23-,25-,29+,31+/m0/s1. The van der Waals surface area contributed by atoms with E-state index >= 15 is 0 Å². The Morgan fingerprint density at radius 2 is 1.50 bits per heavy atom. The molecule has 0 spiro atoms. The summed E-state index contributed by atoms with van der Waals surface area (Å²) in [6.07, 6.45) is -1.07. The summed E-state index contributed by atoms with van der Waals surface area (Å²) in [6.45, 7) is 1.31. The Hall–Kier alpha value is -5.29. The van der Waals surface area contributed by atoms with Crippen LogP contribution in [-0.4, -0.2) is 50.4 Å². The minimum absolute atomic E-state index is 0.0704. The number of carbonyl (C=O) groups excluding carboxylic acids is 1. The third-order valence-electron chi connectivity index (χ3n) is 7.59. The van der Waals surface area contributed by atoms with Gasteiger partial charge in [-0.1, -0.05) is 61.5 Å². The Labute approximate surface area is 238 Å². The molecular formula is C31H26N2O9. The van der Waals surface area contributed by atoms with Crippen molar-refractivity contribution in [2.45, 2.75) is 30.6 Å². The molecule has 1 fully saturated rings. The number of nitrogens with one attached hydrogen (secondary N) is 1. The van der Waals surface area contributed by atoms with Crippen LogP contribution < -0.4 is 11.2 Å². The number of ether oxygens (including phenoxy) is 2. The van der Waals surface area contributed by atoms with Crippen molar-refractivity contribution in [3.05, 3.63) is 140 Å². The van der Waals surface area contributed by atoms with Crippen LogP contribution in [0.4, 0.5) is 0 Å². The van der Waals surface area contributed by atoms with Crippen molar-refractivity contribution in [1.82, 2.24) is 9.55 Å². The summed E-state index contributed by atoms with van der Waals surface area (Å²) in [6, 6.07) is 21.7. The highest BCUT2D eigenvalue weighted by molar-refractivity contribution is 5.91. The molecule has 2 heterocycles. The summed E-state index contributed by atoms with van der Waals surface area (Å²) in [4.78, 5) is 64.9.